The van der Waals surface area contributed by atoms with E-state index in [1.807, 2.05) is 25.7 Å². The predicted molar refractivity (Wildman–Crippen MR) is 101 cm³/mol. The van der Waals surface area contributed by atoms with Gasteiger partial charge in [-0.05, 0) is 76.9 Å². The molecule has 0 radical (unpaired) electrons. The SMILES string of the molecule is CC1=C(N2CCN(C(=O)OC(C)(C)C)CC2)C=C(C2CC2)C(C)CC1. The number of carbonyl (C=O) groups is 1. The van der Waals surface area contributed by atoms with Crippen LogP contribution in [0.15, 0.2) is 22.9 Å². The molecular formula is C21H34N2O2. The van der Waals surface area contributed by atoms with E-state index < -0.39 is 5.60 Å². The Morgan fingerprint density at radius 2 is 1.76 bits per heavy atom. The van der Waals surface area contributed by atoms with Gasteiger partial charge in [0.05, 0.1) is 0 Å². The second kappa shape index (κ2) is 7.05. The van der Waals surface area contributed by atoms with Crippen LogP contribution in [-0.4, -0.2) is 47.7 Å². The summed E-state index contributed by atoms with van der Waals surface area (Å²) in [5.74, 6) is 1.54. The van der Waals surface area contributed by atoms with Crippen molar-refractivity contribution >= 4 is 6.09 Å². The first-order valence-electron chi connectivity index (χ1n) is 9.88. The van der Waals surface area contributed by atoms with Crippen LogP contribution >= 0.6 is 0 Å². The standard InChI is InChI=1S/C21H34N2O2/c1-15-6-7-16(2)19(14-18(15)17-8-9-17)22-10-12-23(13-11-22)20(24)25-21(3,4)5/h14-15,17H,6-13H2,1-5H3. The van der Waals surface area contributed by atoms with Crippen molar-refractivity contribution in [1.82, 2.24) is 9.80 Å². The summed E-state index contributed by atoms with van der Waals surface area (Å²) in [5.41, 5.74) is 4.18. The Labute approximate surface area is 152 Å². The maximum Gasteiger partial charge on any atom is 0.410 e. The largest absolute Gasteiger partial charge is 0.444 e. The minimum atomic E-state index is -0.424. The molecular weight excluding hydrogens is 312 g/mol. The Morgan fingerprint density at radius 1 is 1.12 bits per heavy atom. The van der Waals surface area contributed by atoms with E-state index in [4.69, 9.17) is 4.74 Å². The Kier molecular flexibility index (Phi) is 5.17. The summed E-state index contributed by atoms with van der Waals surface area (Å²) in [6.45, 7) is 13.7. The van der Waals surface area contributed by atoms with Gasteiger partial charge in [-0.1, -0.05) is 12.5 Å². The third-order valence-corrected chi connectivity index (χ3v) is 5.58. The summed E-state index contributed by atoms with van der Waals surface area (Å²) < 4.78 is 5.51. The average molecular weight is 347 g/mol. The van der Waals surface area contributed by atoms with Gasteiger partial charge in [-0.2, -0.15) is 0 Å². The smallest absolute Gasteiger partial charge is 0.410 e. The van der Waals surface area contributed by atoms with Gasteiger partial charge in [0.1, 0.15) is 5.60 Å². The minimum absolute atomic E-state index is 0.179. The Bertz CT molecular complexity index is 573. The highest BCUT2D eigenvalue weighted by molar-refractivity contribution is 5.68. The van der Waals surface area contributed by atoms with Gasteiger partial charge in [-0.25, -0.2) is 4.79 Å². The predicted octanol–water partition coefficient (Wildman–Crippen LogP) is 4.58. The average Bonchev–Trinajstić information content (AvgIpc) is 3.36. The lowest BCUT2D eigenvalue weighted by molar-refractivity contribution is 0.0170. The molecule has 1 atom stereocenters. The van der Waals surface area contributed by atoms with Gasteiger partial charge >= 0.3 is 6.09 Å². The van der Waals surface area contributed by atoms with Crippen LogP contribution in [0.1, 0.15) is 60.3 Å². The zero-order valence-electron chi connectivity index (χ0n) is 16.6. The fourth-order valence-electron chi connectivity index (χ4n) is 3.91. The molecule has 1 aliphatic heterocycles. The van der Waals surface area contributed by atoms with E-state index in [1.165, 1.54) is 37.0 Å². The summed E-state index contributed by atoms with van der Waals surface area (Å²) in [4.78, 5) is 16.6. The van der Waals surface area contributed by atoms with Gasteiger partial charge < -0.3 is 14.5 Å². The monoisotopic (exact) mass is 346 g/mol. The third kappa shape index (κ3) is 4.59. The molecule has 0 bridgehead atoms. The molecule has 3 rings (SSSR count). The van der Waals surface area contributed by atoms with Crippen molar-refractivity contribution in [3.05, 3.63) is 22.9 Å². The normalized spacial score (nSPS) is 25.6. The molecule has 4 heteroatoms. The number of amides is 1. The number of carbonyl (C=O) groups excluding carboxylic acids is 1. The van der Waals surface area contributed by atoms with Crippen LogP contribution in [0.3, 0.4) is 0 Å². The van der Waals surface area contributed by atoms with E-state index in [0.29, 0.717) is 5.92 Å². The second-order valence-corrected chi connectivity index (χ2v) is 8.98. The number of rotatable bonds is 2. The molecule has 0 N–H and O–H groups in total. The number of ether oxygens (including phenoxy) is 1. The van der Waals surface area contributed by atoms with Gasteiger partial charge in [0.15, 0.2) is 0 Å². The summed E-state index contributed by atoms with van der Waals surface area (Å²) in [5, 5.41) is 0. The van der Waals surface area contributed by atoms with Crippen molar-refractivity contribution in [2.45, 2.75) is 65.9 Å². The first-order valence-corrected chi connectivity index (χ1v) is 9.88. The van der Waals surface area contributed by atoms with Crippen molar-refractivity contribution in [2.75, 3.05) is 26.2 Å². The summed E-state index contributed by atoms with van der Waals surface area (Å²) in [6.07, 6.45) is 7.52. The molecule has 0 aromatic rings. The number of allylic oxidation sites excluding steroid dienone is 3. The van der Waals surface area contributed by atoms with E-state index in [0.717, 1.165) is 32.1 Å². The zero-order valence-corrected chi connectivity index (χ0v) is 16.6. The first kappa shape index (κ1) is 18.3. The van der Waals surface area contributed by atoms with Crippen LogP contribution < -0.4 is 0 Å². The quantitative estimate of drug-likeness (QED) is 0.734. The molecule has 0 aromatic heterocycles. The topological polar surface area (TPSA) is 32.8 Å². The molecule has 25 heavy (non-hydrogen) atoms. The highest BCUT2D eigenvalue weighted by atomic mass is 16.6. The number of nitrogens with zero attached hydrogens (tertiary/aromatic N) is 2. The van der Waals surface area contributed by atoms with Crippen molar-refractivity contribution in [3.63, 3.8) is 0 Å². The highest BCUT2D eigenvalue weighted by Gasteiger charge is 2.32. The zero-order chi connectivity index (χ0) is 18.2. The molecule has 2 fully saturated rings. The Hall–Kier alpha value is -1.45. The van der Waals surface area contributed by atoms with E-state index >= 15 is 0 Å². The second-order valence-electron chi connectivity index (χ2n) is 8.98. The van der Waals surface area contributed by atoms with E-state index in [9.17, 15) is 4.79 Å². The van der Waals surface area contributed by atoms with Crippen molar-refractivity contribution < 1.29 is 9.53 Å². The number of piperazine rings is 1. The molecule has 1 saturated heterocycles. The molecule has 0 spiro atoms. The molecule has 0 aromatic carbocycles. The molecule has 4 nitrogen and oxygen atoms in total. The lowest BCUT2D eigenvalue weighted by Gasteiger charge is -2.38. The number of hydrogen-bond donors (Lipinski definition) is 0. The van der Waals surface area contributed by atoms with E-state index in [2.05, 4.69) is 24.8 Å². The summed E-state index contributed by atoms with van der Waals surface area (Å²) >= 11 is 0. The molecule has 3 aliphatic rings. The van der Waals surface area contributed by atoms with Crippen LogP contribution in [0.25, 0.3) is 0 Å². The van der Waals surface area contributed by atoms with Crippen LogP contribution in [0.2, 0.25) is 0 Å². The van der Waals surface area contributed by atoms with Gasteiger partial charge in [-0.3, -0.25) is 0 Å². The van der Waals surface area contributed by atoms with Gasteiger partial charge in [-0.15, -0.1) is 0 Å². The van der Waals surface area contributed by atoms with E-state index in [1.54, 1.807) is 5.57 Å². The summed E-state index contributed by atoms with van der Waals surface area (Å²) in [6, 6.07) is 0. The first-order chi connectivity index (χ1) is 11.7. The lowest BCUT2D eigenvalue weighted by Crippen LogP contribution is -2.49. The molecule has 1 saturated carbocycles. The van der Waals surface area contributed by atoms with Gasteiger partial charge in [0.2, 0.25) is 0 Å². The lowest BCUT2D eigenvalue weighted by atomic mass is 9.93. The molecule has 1 amide bonds. The Morgan fingerprint density at radius 3 is 2.32 bits per heavy atom. The highest BCUT2D eigenvalue weighted by Crippen LogP contribution is 2.44. The Balaban J connectivity index is 1.66. The van der Waals surface area contributed by atoms with Crippen LogP contribution in [0.5, 0.6) is 0 Å². The van der Waals surface area contributed by atoms with E-state index in [-0.39, 0.29) is 6.09 Å². The molecule has 1 heterocycles. The van der Waals surface area contributed by atoms with Crippen molar-refractivity contribution in [2.24, 2.45) is 11.8 Å². The maximum atomic E-state index is 12.3. The fraction of sp³-hybridized carbons (Fsp3) is 0.762. The van der Waals surface area contributed by atoms with Crippen LogP contribution in [0.4, 0.5) is 4.79 Å². The van der Waals surface area contributed by atoms with Crippen LogP contribution in [-0.2, 0) is 4.74 Å². The molecule has 2 aliphatic carbocycles. The summed E-state index contributed by atoms with van der Waals surface area (Å²) in [7, 11) is 0. The van der Waals surface area contributed by atoms with Crippen molar-refractivity contribution in [3.8, 4) is 0 Å². The maximum absolute atomic E-state index is 12.3. The third-order valence-electron chi connectivity index (χ3n) is 5.58. The van der Waals surface area contributed by atoms with Gasteiger partial charge in [0.25, 0.3) is 0 Å². The van der Waals surface area contributed by atoms with Gasteiger partial charge in [0, 0.05) is 31.9 Å². The molecule has 1 unspecified atom stereocenters. The molecule has 140 valence electrons. The minimum Gasteiger partial charge on any atom is -0.444 e. The van der Waals surface area contributed by atoms with Crippen molar-refractivity contribution in [1.29, 1.82) is 0 Å². The number of hydrogen-bond acceptors (Lipinski definition) is 3. The fourth-order valence-corrected chi connectivity index (χ4v) is 3.91. The van der Waals surface area contributed by atoms with Crippen LogP contribution in [0, 0.1) is 11.8 Å².